The van der Waals surface area contributed by atoms with Crippen LogP contribution in [0.15, 0.2) is 34.8 Å². The molecule has 0 aromatic carbocycles. The fourth-order valence-electron chi connectivity index (χ4n) is 4.16. The van der Waals surface area contributed by atoms with E-state index in [1.54, 1.807) is 31.3 Å². The standard InChI is InChI=1S/C23H25N5O6/c1-4-34-22(32)14-8-11-27(12-9-14)18-15(21(31)28-10-6-5-7-17(28)24-18)13-16-19(29)25(2)23(33)26(3)20(16)30/h5-7,10,13-14H,4,8-9,11-12H2,1-3H3. The molecule has 11 heteroatoms. The number of fused-ring (bicyclic) bond motifs is 1. The molecule has 2 fully saturated rings. The molecule has 2 aliphatic heterocycles. The summed E-state index contributed by atoms with van der Waals surface area (Å²) in [6.07, 6.45) is 3.80. The highest BCUT2D eigenvalue weighted by atomic mass is 16.5. The average molecular weight is 467 g/mol. The van der Waals surface area contributed by atoms with E-state index in [9.17, 15) is 24.0 Å². The molecule has 0 atom stereocenters. The third-order valence-corrected chi connectivity index (χ3v) is 6.10. The number of aromatic nitrogens is 2. The van der Waals surface area contributed by atoms with Gasteiger partial charge in [0.15, 0.2) is 0 Å². The monoisotopic (exact) mass is 467 g/mol. The first-order valence-electron chi connectivity index (χ1n) is 11.0. The number of pyridine rings is 1. The minimum atomic E-state index is -0.794. The number of likely N-dealkylation sites (N-methyl/N-ethyl adjacent to an activating group) is 2. The van der Waals surface area contributed by atoms with Gasteiger partial charge < -0.3 is 9.64 Å². The number of urea groups is 1. The van der Waals surface area contributed by atoms with E-state index in [4.69, 9.17) is 4.74 Å². The summed E-state index contributed by atoms with van der Waals surface area (Å²) in [5.74, 6) is -1.76. The van der Waals surface area contributed by atoms with E-state index in [0.29, 0.717) is 44.0 Å². The molecule has 178 valence electrons. The number of nitrogens with zero attached hydrogens (tertiary/aromatic N) is 5. The smallest absolute Gasteiger partial charge is 0.333 e. The van der Waals surface area contributed by atoms with Crippen molar-refractivity contribution < 1.29 is 23.9 Å². The molecule has 4 rings (SSSR count). The molecule has 2 saturated heterocycles. The maximum Gasteiger partial charge on any atom is 0.333 e. The molecule has 0 N–H and O–H groups in total. The molecule has 34 heavy (non-hydrogen) atoms. The summed E-state index contributed by atoms with van der Waals surface area (Å²) in [5.41, 5.74) is -0.292. The molecule has 0 bridgehead atoms. The van der Waals surface area contributed by atoms with Crippen LogP contribution in [0.2, 0.25) is 0 Å². The number of ether oxygens (including phenoxy) is 1. The summed E-state index contributed by atoms with van der Waals surface area (Å²) in [6.45, 7) is 2.95. The lowest BCUT2D eigenvalue weighted by Gasteiger charge is -2.33. The fraction of sp³-hybridized carbons (Fsp3) is 0.391. The highest BCUT2D eigenvalue weighted by Gasteiger charge is 2.38. The van der Waals surface area contributed by atoms with Gasteiger partial charge in [0.1, 0.15) is 17.0 Å². The van der Waals surface area contributed by atoms with Gasteiger partial charge >= 0.3 is 12.0 Å². The Morgan fingerprint density at radius 1 is 1.09 bits per heavy atom. The van der Waals surface area contributed by atoms with Crippen molar-refractivity contribution in [1.29, 1.82) is 0 Å². The highest BCUT2D eigenvalue weighted by molar-refractivity contribution is 6.30. The molecular formula is C23H25N5O6. The van der Waals surface area contributed by atoms with E-state index < -0.39 is 23.4 Å². The number of barbiturate groups is 1. The molecule has 0 unspecified atom stereocenters. The molecule has 0 aliphatic carbocycles. The number of anilines is 1. The van der Waals surface area contributed by atoms with Crippen LogP contribution in [0, 0.1) is 5.92 Å². The number of piperidine rings is 1. The number of imide groups is 2. The predicted molar refractivity (Wildman–Crippen MR) is 122 cm³/mol. The van der Waals surface area contributed by atoms with Crippen molar-refractivity contribution in [3.8, 4) is 0 Å². The van der Waals surface area contributed by atoms with Gasteiger partial charge in [-0.05, 0) is 38.0 Å². The van der Waals surface area contributed by atoms with Crippen LogP contribution in [0.25, 0.3) is 11.7 Å². The van der Waals surface area contributed by atoms with Gasteiger partial charge in [-0.15, -0.1) is 0 Å². The largest absolute Gasteiger partial charge is 0.466 e. The Hall–Kier alpha value is -4.02. The van der Waals surface area contributed by atoms with Crippen molar-refractivity contribution >= 4 is 41.4 Å². The van der Waals surface area contributed by atoms with E-state index in [1.165, 1.54) is 24.6 Å². The summed E-state index contributed by atoms with van der Waals surface area (Å²) in [4.78, 5) is 71.3. The van der Waals surface area contributed by atoms with Gasteiger partial charge in [0.2, 0.25) is 0 Å². The number of amides is 4. The van der Waals surface area contributed by atoms with Gasteiger partial charge in [-0.25, -0.2) is 9.78 Å². The second-order valence-corrected chi connectivity index (χ2v) is 8.17. The Labute approximate surface area is 195 Å². The van der Waals surface area contributed by atoms with E-state index in [2.05, 4.69) is 4.98 Å². The Morgan fingerprint density at radius 2 is 1.74 bits per heavy atom. The zero-order valence-electron chi connectivity index (χ0n) is 19.2. The number of carbonyl (C=O) groups excluding carboxylic acids is 4. The van der Waals surface area contributed by atoms with Crippen molar-refractivity contribution in [2.45, 2.75) is 19.8 Å². The first kappa shape index (κ1) is 23.1. The van der Waals surface area contributed by atoms with Gasteiger partial charge in [-0.1, -0.05) is 6.07 Å². The minimum Gasteiger partial charge on any atom is -0.466 e. The maximum absolute atomic E-state index is 13.4. The normalized spacial score (nSPS) is 17.6. The summed E-state index contributed by atoms with van der Waals surface area (Å²) in [7, 11) is 2.54. The Balaban J connectivity index is 1.79. The molecule has 0 saturated carbocycles. The first-order chi connectivity index (χ1) is 16.2. The Morgan fingerprint density at radius 3 is 2.35 bits per heavy atom. The van der Waals surface area contributed by atoms with Crippen molar-refractivity contribution in [2.24, 2.45) is 5.92 Å². The van der Waals surface area contributed by atoms with E-state index in [-0.39, 0.29) is 23.0 Å². The molecule has 4 amide bonds. The van der Waals surface area contributed by atoms with Crippen LogP contribution in [-0.4, -0.2) is 76.8 Å². The summed E-state index contributed by atoms with van der Waals surface area (Å²) in [5, 5.41) is 0. The van der Waals surface area contributed by atoms with Crippen LogP contribution in [0.1, 0.15) is 25.3 Å². The van der Waals surface area contributed by atoms with Crippen molar-refractivity contribution in [2.75, 3.05) is 38.7 Å². The molecule has 2 aromatic heterocycles. The van der Waals surface area contributed by atoms with Gasteiger partial charge in [0, 0.05) is 33.4 Å². The third kappa shape index (κ3) is 3.93. The van der Waals surface area contributed by atoms with Crippen LogP contribution in [0.5, 0.6) is 0 Å². The van der Waals surface area contributed by atoms with E-state index in [0.717, 1.165) is 9.80 Å². The minimum absolute atomic E-state index is 0.0612. The van der Waals surface area contributed by atoms with E-state index in [1.807, 2.05) is 4.90 Å². The molecule has 2 aliphatic rings. The van der Waals surface area contributed by atoms with E-state index >= 15 is 0 Å². The van der Waals surface area contributed by atoms with Gasteiger partial charge in [0.25, 0.3) is 17.4 Å². The second kappa shape index (κ2) is 9.08. The van der Waals surface area contributed by atoms with Gasteiger partial charge in [-0.3, -0.25) is 33.4 Å². The summed E-state index contributed by atoms with van der Waals surface area (Å²) in [6, 6.07) is 4.36. The Kier molecular flexibility index (Phi) is 6.18. The van der Waals surface area contributed by atoms with Crippen LogP contribution < -0.4 is 10.5 Å². The molecule has 11 nitrogen and oxygen atoms in total. The quantitative estimate of drug-likeness (QED) is 0.370. The molecule has 2 aromatic rings. The van der Waals surface area contributed by atoms with Crippen molar-refractivity contribution in [3.63, 3.8) is 0 Å². The predicted octanol–water partition coefficient (Wildman–Crippen LogP) is 0.908. The molecule has 4 heterocycles. The lowest BCUT2D eigenvalue weighted by molar-refractivity contribution is -0.148. The molecule has 0 radical (unpaired) electrons. The highest BCUT2D eigenvalue weighted by Crippen LogP contribution is 2.27. The number of hydrogen-bond acceptors (Lipinski definition) is 8. The van der Waals surface area contributed by atoms with Crippen LogP contribution in [0.3, 0.4) is 0 Å². The number of esters is 1. The lowest BCUT2D eigenvalue weighted by atomic mass is 9.96. The zero-order chi connectivity index (χ0) is 24.6. The third-order valence-electron chi connectivity index (χ3n) is 6.10. The van der Waals surface area contributed by atoms with Gasteiger partial charge in [0.05, 0.1) is 18.1 Å². The second-order valence-electron chi connectivity index (χ2n) is 8.17. The molecular weight excluding hydrogens is 442 g/mol. The van der Waals surface area contributed by atoms with Crippen LogP contribution >= 0.6 is 0 Å². The van der Waals surface area contributed by atoms with Crippen molar-refractivity contribution in [1.82, 2.24) is 19.2 Å². The molecule has 0 spiro atoms. The van der Waals surface area contributed by atoms with Crippen molar-refractivity contribution in [3.05, 3.63) is 45.9 Å². The topological polar surface area (TPSA) is 122 Å². The Bertz CT molecular complexity index is 1250. The first-order valence-corrected chi connectivity index (χ1v) is 11.0. The maximum atomic E-state index is 13.4. The fourth-order valence-corrected chi connectivity index (χ4v) is 4.16. The van der Waals surface area contributed by atoms with Crippen LogP contribution in [0.4, 0.5) is 10.6 Å². The van der Waals surface area contributed by atoms with Crippen LogP contribution in [-0.2, 0) is 19.1 Å². The lowest BCUT2D eigenvalue weighted by Crippen LogP contribution is -2.53. The summed E-state index contributed by atoms with van der Waals surface area (Å²) >= 11 is 0. The number of rotatable bonds is 4. The number of hydrogen-bond donors (Lipinski definition) is 0. The summed E-state index contributed by atoms with van der Waals surface area (Å²) < 4.78 is 6.46. The SMILES string of the molecule is CCOC(=O)C1CCN(c2nc3ccccn3c(=O)c2C=C2C(=O)N(C)C(=O)N(C)C2=O)CC1. The average Bonchev–Trinajstić information content (AvgIpc) is 2.85. The van der Waals surface area contributed by atoms with Gasteiger partial charge in [-0.2, -0.15) is 0 Å². The zero-order valence-corrected chi connectivity index (χ0v) is 19.2. The number of carbonyl (C=O) groups is 4.